The third-order valence-corrected chi connectivity index (χ3v) is 6.70. The van der Waals surface area contributed by atoms with Crippen LogP contribution >= 0.6 is 22.9 Å². The fraction of sp³-hybridized carbons (Fsp3) is 0.0741. The van der Waals surface area contributed by atoms with Gasteiger partial charge in [0.15, 0.2) is 12.4 Å². The largest absolute Gasteiger partial charge is 0.455 e. The molecule has 0 aliphatic rings. The van der Waals surface area contributed by atoms with Gasteiger partial charge in [0.1, 0.15) is 15.5 Å². The zero-order valence-corrected chi connectivity index (χ0v) is 20.7. The highest BCUT2D eigenvalue weighted by atomic mass is 35.5. The van der Waals surface area contributed by atoms with Crippen LogP contribution in [0, 0.1) is 6.92 Å². The molecule has 0 spiro atoms. The summed E-state index contributed by atoms with van der Waals surface area (Å²) in [6, 6.07) is 25.4. The van der Waals surface area contributed by atoms with Crippen molar-refractivity contribution in [1.29, 1.82) is 0 Å². The lowest BCUT2D eigenvalue weighted by Gasteiger charge is -2.12. The molecule has 7 nitrogen and oxygen atoms in total. The predicted octanol–water partition coefficient (Wildman–Crippen LogP) is 6.64. The number of para-hydroxylation sites is 4. The molecule has 9 heteroatoms. The second-order valence-corrected chi connectivity index (χ2v) is 9.25. The predicted molar refractivity (Wildman–Crippen MR) is 141 cm³/mol. The van der Waals surface area contributed by atoms with E-state index < -0.39 is 18.5 Å². The van der Waals surface area contributed by atoms with Crippen molar-refractivity contribution in [3.8, 4) is 17.2 Å². The molecule has 0 bridgehead atoms. The summed E-state index contributed by atoms with van der Waals surface area (Å²) >= 11 is 7.58. The summed E-state index contributed by atoms with van der Waals surface area (Å²) < 4.78 is 12.9. The number of carbonyl (C=O) groups is 2. The average molecular weight is 518 g/mol. The molecule has 0 saturated heterocycles. The number of aromatic nitrogens is 2. The quantitative estimate of drug-likeness (QED) is 0.245. The first-order chi connectivity index (χ1) is 17.5. The number of ether oxygens (including phenoxy) is 2. The Morgan fingerprint density at radius 3 is 2.53 bits per heavy atom. The van der Waals surface area contributed by atoms with E-state index in [-0.39, 0.29) is 0 Å². The smallest absolute Gasteiger partial charge is 0.348 e. The highest BCUT2D eigenvalue weighted by molar-refractivity contribution is 7.20. The number of halogens is 1. The Hall–Kier alpha value is -4.14. The number of amides is 1. The molecule has 2 heterocycles. The van der Waals surface area contributed by atoms with Gasteiger partial charge in [-0.25, -0.2) is 9.48 Å². The molecule has 0 radical (unpaired) electrons. The third kappa shape index (κ3) is 4.95. The summed E-state index contributed by atoms with van der Waals surface area (Å²) in [5.41, 5.74) is 1.95. The van der Waals surface area contributed by atoms with E-state index in [1.54, 1.807) is 41.1 Å². The number of anilines is 1. The van der Waals surface area contributed by atoms with E-state index >= 15 is 0 Å². The van der Waals surface area contributed by atoms with Crippen LogP contribution in [-0.2, 0) is 9.53 Å². The van der Waals surface area contributed by atoms with Crippen LogP contribution in [0.4, 0.5) is 5.69 Å². The van der Waals surface area contributed by atoms with Gasteiger partial charge in [0, 0.05) is 5.39 Å². The van der Waals surface area contributed by atoms with Gasteiger partial charge in [-0.3, -0.25) is 4.79 Å². The van der Waals surface area contributed by atoms with E-state index in [0.717, 1.165) is 21.6 Å². The van der Waals surface area contributed by atoms with Crippen molar-refractivity contribution >= 4 is 50.7 Å². The first kappa shape index (κ1) is 23.6. The number of esters is 1. The second-order valence-electron chi connectivity index (χ2n) is 7.81. The molecular weight excluding hydrogens is 498 g/mol. The van der Waals surface area contributed by atoms with E-state index in [4.69, 9.17) is 21.1 Å². The minimum atomic E-state index is -0.592. The Morgan fingerprint density at radius 1 is 1.00 bits per heavy atom. The number of carbonyl (C=O) groups excluding carboxylic acids is 2. The summed E-state index contributed by atoms with van der Waals surface area (Å²) in [7, 11) is 0. The summed E-state index contributed by atoms with van der Waals surface area (Å²) in [6.07, 6.45) is 0. The Kier molecular flexibility index (Phi) is 6.71. The molecule has 0 atom stereocenters. The van der Waals surface area contributed by atoms with Crippen molar-refractivity contribution in [2.24, 2.45) is 0 Å². The fourth-order valence-electron chi connectivity index (χ4n) is 3.60. The van der Waals surface area contributed by atoms with Crippen LogP contribution in [0.25, 0.3) is 15.9 Å². The zero-order valence-electron chi connectivity index (χ0n) is 19.1. The summed E-state index contributed by atoms with van der Waals surface area (Å²) in [6.45, 7) is 1.42. The van der Waals surface area contributed by atoms with Gasteiger partial charge in [-0.15, -0.1) is 11.3 Å². The molecule has 0 fully saturated rings. The molecule has 180 valence electrons. The van der Waals surface area contributed by atoms with Crippen molar-refractivity contribution in [1.82, 2.24) is 9.78 Å². The van der Waals surface area contributed by atoms with Gasteiger partial charge in [0.05, 0.1) is 22.1 Å². The van der Waals surface area contributed by atoms with E-state index in [2.05, 4.69) is 10.4 Å². The monoisotopic (exact) mass is 517 g/mol. The number of benzene rings is 3. The van der Waals surface area contributed by atoms with Gasteiger partial charge in [0.2, 0.25) is 0 Å². The lowest BCUT2D eigenvalue weighted by molar-refractivity contribution is -0.119. The van der Waals surface area contributed by atoms with E-state index in [1.165, 1.54) is 11.3 Å². The van der Waals surface area contributed by atoms with Crippen molar-refractivity contribution in [3.05, 3.63) is 101 Å². The second kappa shape index (κ2) is 10.2. The topological polar surface area (TPSA) is 82.5 Å². The Balaban J connectivity index is 1.27. The molecule has 1 amide bonds. The molecule has 5 aromatic rings. The molecule has 3 aromatic carbocycles. The van der Waals surface area contributed by atoms with Gasteiger partial charge >= 0.3 is 5.97 Å². The van der Waals surface area contributed by atoms with E-state index in [9.17, 15) is 9.59 Å². The molecule has 2 aromatic heterocycles. The maximum atomic E-state index is 12.7. The van der Waals surface area contributed by atoms with Crippen molar-refractivity contribution in [2.75, 3.05) is 11.9 Å². The number of nitrogens with one attached hydrogen (secondary N) is 1. The summed E-state index contributed by atoms with van der Waals surface area (Å²) in [4.78, 5) is 26.4. The van der Waals surface area contributed by atoms with Crippen molar-refractivity contribution < 1.29 is 19.1 Å². The van der Waals surface area contributed by atoms with Gasteiger partial charge in [-0.1, -0.05) is 54.1 Å². The maximum Gasteiger partial charge on any atom is 0.348 e. The van der Waals surface area contributed by atoms with Crippen molar-refractivity contribution in [2.45, 2.75) is 6.92 Å². The highest BCUT2D eigenvalue weighted by Gasteiger charge is 2.20. The van der Waals surface area contributed by atoms with Gasteiger partial charge in [-0.2, -0.15) is 5.10 Å². The number of hydrogen-bond donors (Lipinski definition) is 1. The van der Waals surface area contributed by atoms with E-state index in [0.29, 0.717) is 27.1 Å². The van der Waals surface area contributed by atoms with Crippen LogP contribution in [0.1, 0.15) is 15.4 Å². The molecular formula is C27H20ClN3O4S. The number of fused-ring (bicyclic) bond motifs is 1. The lowest BCUT2D eigenvalue weighted by atomic mass is 10.3. The van der Waals surface area contributed by atoms with Gasteiger partial charge in [0.25, 0.3) is 5.91 Å². The minimum absolute atomic E-state index is 0.368. The van der Waals surface area contributed by atoms with Gasteiger partial charge in [-0.05, 0) is 49.4 Å². The number of aryl methyl sites for hydroxylation is 1. The van der Waals surface area contributed by atoms with Crippen LogP contribution < -0.4 is 10.1 Å². The van der Waals surface area contributed by atoms with Crippen LogP contribution in [0.2, 0.25) is 5.02 Å². The van der Waals surface area contributed by atoms with E-state index in [1.807, 2.05) is 55.5 Å². The number of hydrogen-bond acceptors (Lipinski definition) is 6. The molecule has 5 rings (SSSR count). The molecule has 0 aliphatic heterocycles. The Labute approximate surface area is 215 Å². The van der Waals surface area contributed by atoms with Crippen LogP contribution in [0.15, 0.2) is 84.9 Å². The number of nitrogens with zero attached hydrogens (tertiary/aromatic N) is 2. The molecule has 36 heavy (non-hydrogen) atoms. The first-order valence-electron chi connectivity index (χ1n) is 11.0. The zero-order chi connectivity index (χ0) is 25.1. The van der Waals surface area contributed by atoms with Crippen molar-refractivity contribution in [3.63, 3.8) is 0 Å². The average Bonchev–Trinajstić information content (AvgIpc) is 3.45. The SMILES string of the molecule is Cc1nn(-c2ccccc2Cl)c2sc(C(=O)OCC(=O)Nc3ccccc3Oc3ccccc3)cc12. The van der Waals surface area contributed by atoms with Crippen LogP contribution in [0.5, 0.6) is 11.5 Å². The summed E-state index contributed by atoms with van der Waals surface area (Å²) in [5.74, 6) is 0.0470. The first-order valence-corrected chi connectivity index (χ1v) is 12.2. The minimum Gasteiger partial charge on any atom is -0.455 e. The number of rotatable bonds is 7. The van der Waals surface area contributed by atoms with Gasteiger partial charge < -0.3 is 14.8 Å². The molecule has 0 saturated carbocycles. The lowest BCUT2D eigenvalue weighted by Crippen LogP contribution is -2.20. The van der Waals surface area contributed by atoms with Crippen LogP contribution in [0.3, 0.4) is 0 Å². The Morgan fingerprint density at radius 2 is 1.72 bits per heavy atom. The normalized spacial score (nSPS) is 10.8. The third-order valence-electron chi connectivity index (χ3n) is 5.29. The summed E-state index contributed by atoms with van der Waals surface area (Å²) in [5, 5.41) is 8.66. The molecule has 0 aliphatic carbocycles. The molecule has 0 unspecified atom stereocenters. The Bertz CT molecular complexity index is 1560. The number of thiophene rings is 1. The highest BCUT2D eigenvalue weighted by Crippen LogP contribution is 2.33. The fourth-order valence-corrected chi connectivity index (χ4v) is 4.88. The van der Waals surface area contributed by atoms with Crippen LogP contribution in [-0.4, -0.2) is 28.3 Å². The molecule has 1 N–H and O–H groups in total. The maximum absolute atomic E-state index is 12.7. The standard InChI is InChI=1S/C27H20ClN3O4S/c1-17-19-15-24(36-26(19)31(30-17)22-13-7-5-11-20(22)28)27(33)34-16-25(32)29-21-12-6-8-14-23(21)35-18-9-3-2-4-10-18/h2-15H,16H2,1H3,(H,29,32).